The summed E-state index contributed by atoms with van der Waals surface area (Å²) < 4.78 is 5.64. The Balaban J connectivity index is 1.68. The molecule has 2 aliphatic heterocycles. The third-order valence-electron chi connectivity index (χ3n) is 3.92. The van der Waals surface area contributed by atoms with Crippen molar-refractivity contribution in [2.75, 3.05) is 32.8 Å². The highest BCUT2D eigenvalue weighted by molar-refractivity contribution is 4.87. The van der Waals surface area contributed by atoms with Gasteiger partial charge in [-0.2, -0.15) is 0 Å². The van der Waals surface area contributed by atoms with Crippen LogP contribution in [0, 0.1) is 5.41 Å². The summed E-state index contributed by atoms with van der Waals surface area (Å²) in [6.07, 6.45) is 5.53. The third-order valence-corrected chi connectivity index (χ3v) is 3.92. The van der Waals surface area contributed by atoms with E-state index < -0.39 is 0 Å². The lowest BCUT2D eigenvalue weighted by atomic mass is 9.90. The molecule has 0 bridgehead atoms. The maximum absolute atomic E-state index is 5.80. The van der Waals surface area contributed by atoms with Crippen molar-refractivity contribution in [2.45, 2.75) is 38.7 Å². The molecule has 0 aliphatic carbocycles. The molecule has 3 heteroatoms. The molecule has 2 rings (SSSR count). The smallest absolute Gasteiger partial charge is 0.0588 e. The van der Waals surface area contributed by atoms with Gasteiger partial charge in [-0.1, -0.05) is 6.92 Å². The van der Waals surface area contributed by atoms with Crippen LogP contribution in [0.5, 0.6) is 0 Å². The van der Waals surface area contributed by atoms with Crippen molar-refractivity contribution < 1.29 is 4.74 Å². The Bertz CT molecular complexity index is 204. The van der Waals surface area contributed by atoms with Crippen molar-refractivity contribution >= 4 is 0 Å². The predicted molar refractivity (Wildman–Crippen MR) is 61.8 cm³/mol. The first-order chi connectivity index (χ1) is 7.22. The second kappa shape index (κ2) is 4.81. The van der Waals surface area contributed by atoms with Gasteiger partial charge >= 0.3 is 0 Å². The zero-order valence-corrected chi connectivity index (χ0v) is 9.87. The molecule has 2 N–H and O–H groups in total. The standard InChI is InChI=1S/C12H24N2O/c1-12(9-13)5-7-14(10-12)6-4-11-3-2-8-15-11/h11H,2-10,13H2,1H3. The number of nitrogens with zero attached hydrogens (tertiary/aromatic N) is 1. The molecule has 0 saturated carbocycles. The summed E-state index contributed by atoms with van der Waals surface area (Å²) in [5, 5.41) is 0. The van der Waals surface area contributed by atoms with Crippen molar-refractivity contribution in [3.63, 3.8) is 0 Å². The van der Waals surface area contributed by atoms with Gasteiger partial charge in [-0.15, -0.1) is 0 Å². The minimum atomic E-state index is 0.372. The van der Waals surface area contributed by atoms with Crippen LogP contribution in [-0.2, 0) is 4.74 Å². The number of hydrogen-bond donors (Lipinski definition) is 1. The molecule has 2 fully saturated rings. The lowest BCUT2D eigenvalue weighted by Crippen LogP contribution is -2.32. The minimum absolute atomic E-state index is 0.372. The first kappa shape index (κ1) is 11.4. The summed E-state index contributed by atoms with van der Waals surface area (Å²) in [6, 6.07) is 0. The molecule has 2 saturated heterocycles. The van der Waals surface area contributed by atoms with E-state index in [9.17, 15) is 0 Å². The van der Waals surface area contributed by atoms with Crippen LogP contribution in [-0.4, -0.2) is 43.8 Å². The first-order valence-electron chi connectivity index (χ1n) is 6.26. The van der Waals surface area contributed by atoms with Crippen LogP contribution in [0.15, 0.2) is 0 Å². The number of rotatable bonds is 4. The SMILES string of the molecule is CC1(CN)CCN(CCC2CCCO2)C1. The third kappa shape index (κ3) is 2.92. The molecule has 0 spiro atoms. The van der Waals surface area contributed by atoms with Crippen LogP contribution in [0.4, 0.5) is 0 Å². The van der Waals surface area contributed by atoms with Gasteiger partial charge in [0.2, 0.25) is 0 Å². The summed E-state index contributed by atoms with van der Waals surface area (Å²) in [7, 11) is 0. The highest BCUT2D eigenvalue weighted by atomic mass is 16.5. The molecule has 15 heavy (non-hydrogen) atoms. The van der Waals surface area contributed by atoms with Crippen molar-refractivity contribution in [3.8, 4) is 0 Å². The van der Waals surface area contributed by atoms with Gasteiger partial charge in [-0.25, -0.2) is 0 Å². The Morgan fingerprint density at radius 3 is 3.00 bits per heavy atom. The van der Waals surface area contributed by atoms with Gasteiger partial charge < -0.3 is 15.4 Å². The van der Waals surface area contributed by atoms with E-state index in [4.69, 9.17) is 10.5 Å². The lowest BCUT2D eigenvalue weighted by Gasteiger charge is -2.23. The zero-order chi connectivity index (χ0) is 10.7. The van der Waals surface area contributed by atoms with Gasteiger partial charge in [-0.05, 0) is 44.2 Å². The largest absolute Gasteiger partial charge is 0.378 e. The molecule has 2 heterocycles. The average Bonchev–Trinajstić information content (AvgIpc) is 2.85. The van der Waals surface area contributed by atoms with Gasteiger partial charge in [0.25, 0.3) is 0 Å². The summed E-state index contributed by atoms with van der Waals surface area (Å²) in [5.41, 5.74) is 6.17. The Hall–Kier alpha value is -0.120. The Morgan fingerprint density at radius 2 is 2.40 bits per heavy atom. The normalized spacial score (nSPS) is 37.6. The molecule has 88 valence electrons. The molecule has 0 aromatic carbocycles. The van der Waals surface area contributed by atoms with Crippen molar-refractivity contribution in [2.24, 2.45) is 11.1 Å². The molecule has 0 aromatic rings. The van der Waals surface area contributed by atoms with E-state index in [1.807, 2.05) is 0 Å². The summed E-state index contributed by atoms with van der Waals surface area (Å²) in [5.74, 6) is 0. The van der Waals surface area contributed by atoms with Crippen LogP contribution >= 0.6 is 0 Å². The van der Waals surface area contributed by atoms with E-state index in [1.54, 1.807) is 0 Å². The van der Waals surface area contributed by atoms with Crippen LogP contribution < -0.4 is 5.73 Å². The van der Waals surface area contributed by atoms with Gasteiger partial charge in [0.1, 0.15) is 0 Å². The predicted octanol–water partition coefficient (Wildman–Crippen LogP) is 1.23. The van der Waals surface area contributed by atoms with Crippen LogP contribution in [0.1, 0.15) is 32.6 Å². The molecule has 0 amide bonds. The molecule has 2 aliphatic rings. The number of hydrogen-bond acceptors (Lipinski definition) is 3. The topological polar surface area (TPSA) is 38.5 Å². The summed E-state index contributed by atoms with van der Waals surface area (Å²) >= 11 is 0. The van der Waals surface area contributed by atoms with E-state index >= 15 is 0 Å². The fourth-order valence-electron chi connectivity index (χ4n) is 2.68. The van der Waals surface area contributed by atoms with Crippen LogP contribution in [0.25, 0.3) is 0 Å². The van der Waals surface area contributed by atoms with Gasteiger partial charge in [0.15, 0.2) is 0 Å². The van der Waals surface area contributed by atoms with Crippen LogP contribution in [0.3, 0.4) is 0 Å². The highest BCUT2D eigenvalue weighted by Gasteiger charge is 2.32. The van der Waals surface area contributed by atoms with E-state index in [2.05, 4.69) is 11.8 Å². The van der Waals surface area contributed by atoms with Crippen molar-refractivity contribution in [1.29, 1.82) is 0 Å². The number of nitrogens with two attached hydrogens (primary N) is 1. The summed E-state index contributed by atoms with van der Waals surface area (Å²) in [6.45, 7) is 7.70. The second-order valence-corrected chi connectivity index (χ2v) is 5.46. The molecular formula is C12H24N2O. The Kier molecular flexibility index (Phi) is 3.65. The van der Waals surface area contributed by atoms with Gasteiger partial charge in [0.05, 0.1) is 6.10 Å². The Morgan fingerprint density at radius 1 is 1.53 bits per heavy atom. The molecule has 0 aromatic heterocycles. The molecular weight excluding hydrogens is 188 g/mol. The monoisotopic (exact) mass is 212 g/mol. The fourth-order valence-corrected chi connectivity index (χ4v) is 2.68. The average molecular weight is 212 g/mol. The van der Waals surface area contributed by atoms with Gasteiger partial charge in [-0.3, -0.25) is 0 Å². The number of ether oxygens (including phenoxy) is 1. The zero-order valence-electron chi connectivity index (χ0n) is 9.87. The molecule has 2 atom stereocenters. The Labute approximate surface area is 93.0 Å². The summed E-state index contributed by atoms with van der Waals surface area (Å²) in [4.78, 5) is 2.55. The maximum atomic E-state index is 5.80. The lowest BCUT2D eigenvalue weighted by molar-refractivity contribution is 0.0937. The van der Waals surface area contributed by atoms with E-state index in [1.165, 1.54) is 45.3 Å². The molecule has 3 nitrogen and oxygen atoms in total. The number of likely N-dealkylation sites (tertiary alicyclic amines) is 1. The van der Waals surface area contributed by atoms with Crippen molar-refractivity contribution in [3.05, 3.63) is 0 Å². The van der Waals surface area contributed by atoms with Gasteiger partial charge in [0, 0.05) is 19.7 Å². The maximum Gasteiger partial charge on any atom is 0.0588 e. The first-order valence-corrected chi connectivity index (χ1v) is 6.26. The minimum Gasteiger partial charge on any atom is -0.378 e. The van der Waals surface area contributed by atoms with E-state index in [0.29, 0.717) is 11.5 Å². The van der Waals surface area contributed by atoms with Crippen molar-refractivity contribution in [1.82, 2.24) is 4.90 Å². The fraction of sp³-hybridized carbons (Fsp3) is 1.00. The van der Waals surface area contributed by atoms with E-state index in [-0.39, 0.29) is 0 Å². The quantitative estimate of drug-likeness (QED) is 0.761. The van der Waals surface area contributed by atoms with E-state index in [0.717, 1.165) is 13.2 Å². The molecule has 2 unspecified atom stereocenters. The highest BCUT2D eigenvalue weighted by Crippen LogP contribution is 2.29. The molecule has 0 radical (unpaired) electrons. The van der Waals surface area contributed by atoms with Crippen LogP contribution in [0.2, 0.25) is 0 Å². The second-order valence-electron chi connectivity index (χ2n) is 5.46.